The molecule has 3 aromatic carbocycles. The van der Waals surface area contributed by atoms with Crippen molar-refractivity contribution >= 4 is 24.4 Å². The molecule has 0 heterocycles. The molecule has 0 saturated heterocycles. The highest BCUT2D eigenvalue weighted by atomic mass is 28.3. The summed E-state index contributed by atoms with van der Waals surface area (Å²) in [6, 6.07) is 20.8. The Morgan fingerprint density at radius 2 is 0.720 bits per heavy atom. The van der Waals surface area contributed by atoms with Crippen molar-refractivity contribution < 1.29 is 0 Å². The van der Waals surface area contributed by atoms with Gasteiger partial charge in [0.05, 0.1) is 0 Å². The maximum Gasteiger partial charge on any atom is 0.155 e. The molecular weight excluding hydrogens is 316 g/mol. The van der Waals surface area contributed by atoms with Gasteiger partial charge in [-0.15, -0.1) is 0 Å². The minimum absolute atomic E-state index is 1.03. The lowest BCUT2D eigenvalue weighted by molar-refractivity contribution is 1.40. The Morgan fingerprint density at radius 3 is 1.00 bits per heavy atom. The van der Waals surface area contributed by atoms with Crippen molar-refractivity contribution in [2.24, 2.45) is 0 Å². The molecule has 127 valence electrons. The summed E-state index contributed by atoms with van der Waals surface area (Å²) in [7, 11) is -1.03. The maximum absolute atomic E-state index is 2.41. The number of hydrogen-bond acceptors (Lipinski definition) is 0. The quantitative estimate of drug-likeness (QED) is 0.497. The molecule has 0 N–H and O–H groups in total. The molecule has 0 fully saturated rings. The van der Waals surface area contributed by atoms with Crippen molar-refractivity contribution in [3.63, 3.8) is 0 Å². The fourth-order valence-corrected chi connectivity index (χ4v) is 6.87. The minimum Gasteiger partial charge on any atom is -0.0592 e. The number of rotatable bonds is 3. The van der Waals surface area contributed by atoms with Gasteiger partial charge in [0.2, 0.25) is 0 Å². The highest BCUT2D eigenvalue weighted by Gasteiger charge is 2.25. The molecule has 0 unspecified atom stereocenters. The molecular formula is C24H27Si. The van der Waals surface area contributed by atoms with Gasteiger partial charge < -0.3 is 0 Å². The van der Waals surface area contributed by atoms with E-state index in [4.69, 9.17) is 0 Å². The van der Waals surface area contributed by atoms with Gasteiger partial charge in [0.15, 0.2) is 8.80 Å². The van der Waals surface area contributed by atoms with E-state index in [-0.39, 0.29) is 0 Å². The number of hydrogen-bond donors (Lipinski definition) is 0. The van der Waals surface area contributed by atoms with Crippen LogP contribution < -0.4 is 15.6 Å². The molecule has 3 rings (SSSR count). The first kappa shape index (κ1) is 17.7. The van der Waals surface area contributed by atoms with E-state index in [1.165, 1.54) is 48.9 Å². The highest BCUT2D eigenvalue weighted by Crippen LogP contribution is 2.09. The average Bonchev–Trinajstić information content (AvgIpc) is 2.57. The molecule has 0 aromatic heterocycles. The Bertz CT molecular complexity index is 799. The van der Waals surface area contributed by atoms with E-state index in [9.17, 15) is 0 Å². The predicted octanol–water partition coefficient (Wildman–Crippen LogP) is 4.05. The van der Waals surface area contributed by atoms with Crippen molar-refractivity contribution in [1.29, 1.82) is 0 Å². The van der Waals surface area contributed by atoms with Gasteiger partial charge in [-0.1, -0.05) is 88.0 Å². The summed E-state index contributed by atoms with van der Waals surface area (Å²) in [6.07, 6.45) is 0. The topological polar surface area (TPSA) is 0 Å². The van der Waals surface area contributed by atoms with Crippen LogP contribution in [0.4, 0.5) is 0 Å². The third kappa shape index (κ3) is 3.62. The summed E-state index contributed by atoms with van der Waals surface area (Å²) < 4.78 is 0. The minimum atomic E-state index is -1.03. The largest absolute Gasteiger partial charge is 0.155 e. The molecule has 0 aliphatic carbocycles. The maximum atomic E-state index is 2.41. The first-order valence-corrected chi connectivity index (χ1v) is 10.5. The monoisotopic (exact) mass is 343 g/mol. The summed E-state index contributed by atoms with van der Waals surface area (Å²) in [6.45, 7) is 13.4. The van der Waals surface area contributed by atoms with Crippen LogP contribution in [0.15, 0.2) is 54.6 Å². The summed E-state index contributed by atoms with van der Waals surface area (Å²) in [5.41, 5.74) is 8.25. The van der Waals surface area contributed by atoms with E-state index in [0.29, 0.717) is 0 Å². The molecule has 0 aliphatic rings. The van der Waals surface area contributed by atoms with Crippen LogP contribution >= 0.6 is 0 Å². The first-order valence-electron chi connectivity index (χ1n) is 8.96. The molecule has 0 bridgehead atoms. The normalized spacial score (nSPS) is 11.2. The van der Waals surface area contributed by atoms with Gasteiger partial charge in [0.25, 0.3) is 0 Å². The zero-order chi connectivity index (χ0) is 18.1. The molecule has 25 heavy (non-hydrogen) atoms. The van der Waals surface area contributed by atoms with Gasteiger partial charge in [-0.05, 0) is 57.1 Å². The predicted molar refractivity (Wildman–Crippen MR) is 112 cm³/mol. The second-order valence-electron chi connectivity index (χ2n) is 7.33. The van der Waals surface area contributed by atoms with Crippen LogP contribution in [0.3, 0.4) is 0 Å². The van der Waals surface area contributed by atoms with E-state index in [2.05, 4.69) is 96.1 Å². The number of aryl methyl sites for hydroxylation is 6. The zero-order valence-corrected chi connectivity index (χ0v) is 17.2. The van der Waals surface area contributed by atoms with E-state index >= 15 is 0 Å². The molecule has 3 aromatic rings. The van der Waals surface area contributed by atoms with Crippen molar-refractivity contribution in [2.45, 2.75) is 41.5 Å². The molecule has 1 heteroatoms. The van der Waals surface area contributed by atoms with E-state index in [1.807, 2.05) is 0 Å². The van der Waals surface area contributed by atoms with Crippen LogP contribution in [0, 0.1) is 41.5 Å². The van der Waals surface area contributed by atoms with E-state index < -0.39 is 8.80 Å². The SMILES string of the molecule is Cc1ccc(C)c([Si](c2cc(C)ccc2C)c2cc(C)ccc2C)c1. The Balaban J connectivity index is 2.34. The highest BCUT2D eigenvalue weighted by molar-refractivity contribution is 6.96. The van der Waals surface area contributed by atoms with Crippen LogP contribution in [-0.2, 0) is 0 Å². The average molecular weight is 344 g/mol. The van der Waals surface area contributed by atoms with Crippen LogP contribution in [0.25, 0.3) is 0 Å². The Hall–Kier alpha value is -2.12. The lowest BCUT2D eigenvalue weighted by Gasteiger charge is -2.23. The third-order valence-electron chi connectivity index (χ3n) is 4.99. The molecule has 0 nitrogen and oxygen atoms in total. The van der Waals surface area contributed by atoms with Gasteiger partial charge in [-0.2, -0.15) is 0 Å². The van der Waals surface area contributed by atoms with Crippen LogP contribution in [-0.4, -0.2) is 8.80 Å². The van der Waals surface area contributed by atoms with E-state index in [0.717, 1.165) is 0 Å². The van der Waals surface area contributed by atoms with E-state index in [1.54, 1.807) is 0 Å². The molecule has 0 spiro atoms. The fourth-order valence-electron chi connectivity index (χ4n) is 3.45. The van der Waals surface area contributed by atoms with Gasteiger partial charge in [0, 0.05) is 0 Å². The second-order valence-corrected chi connectivity index (χ2v) is 9.70. The van der Waals surface area contributed by atoms with Crippen LogP contribution in [0.5, 0.6) is 0 Å². The third-order valence-corrected chi connectivity index (χ3v) is 8.22. The van der Waals surface area contributed by atoms with Crippen LogP contribution in [0.1, 0.15) is 33.4 Å². The van der Waals surface area contributed by atoms with Crippen molar-refractivity contribution in [1.82, 2.24) is 0 Å². The first-order chi connectivity index (χ1) is 11.9. The van der Waals surface area contributed by atoms with Crippen molar-refractivity contribution in [2.75, 3.05) is 0 Å². The lowest BCUT2D eigenvalue weighted by Crippen LogP contribution is -2.55. The second kappa shape index (κ2) is 7.01. The standard InChI is InChI=1S/C24H27Si/c1-16-7-10-19(4)22(13-16)25(23-14-17(2)8-11-20(23)5)24-15-18(3)9-12-21(24)6/h7-15H,1-6H3. The Labute approximate surface area is 154 Å². The Kier molecular flexibility index (Phi) is 4.96. The summed E-state index contributed by atoms with van der Waals surface area (Å²) in [4.78, 5) is 0. The van der Waals surface area contributed by atoms with Gasteiger partial charge in [-0.25, -0.2) is 0 Å². The van der Waals surface area contributed by atoms with Gasteiger partial charge >= 0.3 is 0 Å². The van der Waals surface area contributed by atoms with Gasteiger partial charge in [0.1, 0.15) is 0 Å². The summed E-state index contributed by atoms with van der Waals surface area (Å²) in [5, 5.41) is 4.56. The molecule has 0 amide bonds. The van der Waals surface area contributed by atoms with Gasteiger partial charge in [-0.3, -0.25) is 0 Å². The molecule has 0 aliphatic heterocycles. The molecule has 1 radical (unpaired) electrons. The van der Waals surface area contributed by atoms with Crippen LogP contribution in [0.2, 0.25) is 0 Å². The smallest absolute Gasteiger partial charge is 0.0592 e. The zero-order valence-electron chi connectivity index (χ0n) is 16.2. The van der Waals surface area contributed by atoms with Crippen molar-refractivity contribution in [3.8, 4) is 0 Å². The number of benzene rings is 3. The molecule has 0 saturated carbocycles. The van der Waals surface area contributed by atoms with Crippen molar-refractivity contribution in [3.05, 3.63) is 88.0 Å². The Morgan fingerprint density at radius 1 is 0.440 bits per heavy atom. The summed E-state index contributed by atoms with van der Waals surface area (Å²) >= 11 is 0. The lowest BCUT2D eigenvalue weighted by atomic mass is 10.1. The fraction of sp³-hybridized carbons (Fsp3) is 0.250. The summed E-state index contributed by atoms with van der Waals surface area (Å²) in [5.74, 6) is 0. The molecule has 0 atom stereocenters.